The lowest BCUT2D eigenvalue weighted by Gasteiger charge is -2.38. The van der Waals surface area contributed by atoms with E-state index in [-0.39, 0.29) is 11.9 Å². The zero-order valence-corrected chi connectivity index (χ0v) is 15.2. The molecular formula is C16H24N6OS. The highest BCUT2D eigenvalue weighted by atomic mass is 32.1. The molecule has 2 unspecified atom stereocenters. The van der Waals surface area contributed by atoms with Gasteiger partial charge in [0.1, 0.15) is 12.7 Å². The van der Waals surface area contributed by atoms with E-state index in [0.717, 1.165) is 36.5 Å². The second-order valence-corrected chi connectivity index (χ2v) is 7.53. The molecule has 0 spiro atoms. The van der Waals surface area contributed by atoms with Crippen LogP contribution < -0.4 is 5.32 Å². The number of carbonyl (C=O) groups is 1. The molecule has 1 aliphatic heterocycles. The van der Waals surface area contributed by atoms with Crippen LogP contribution in [0.3, 0.4) is 0 Å². The van der Waals surface area contributed by atoms with E-state index in [0.29, 0.717) is 11.2 Å². The van der Waals surface area contributed by atoms with Gasteiger partial charge in [0.25, 0.3) is 0 Å². The molecule has 0 radical (unpaired) electrons. The van der Waals surface area contributed by atoms with Gasteiger partial charge in [0, 0.05) is 10.9 Å². The maximum absolute atomic E-state index is 12.7. The standard InChI is InChI=1S/C16H24N6OS/c1-11-13(3)24-16(19-11)20-15(23)12(2)22-7-5-4-6-14(22)8-21-10-17-9-18-21/h9-10,12,14H,4-8H2,1-3H3,(H,19,20,23). The molecular weight excluding hydrogens is 324 g/mol. The Morgan fingerprint density at radius 2 is 2.29 bits per heavy atom. The summed E-state index contributed by atoms with van der Waals surface area (Å²) in [7, 11) is 0. The number of piperidine rings is 1. The van der Waals surface area contributed by atoms with Gasteiger partial charge < -0.3 is 5.32 Å². The van der Waals surface area contributed by atoms with E-state index in [1.165, 1.54) is 17.8 Å². The molecule has 2 atom stereocenters. The Bertz CT molecular complexity index is 663. The van der Waals surface area contributed by atoms with Crippen molar-refractivity contribution in [3.63, 3.8) is 0 Å². The Morgan fingerprint density at radius 1 is 1.46 bits per heavy atom. The molecule has 1 saturated heterocycles. The van der Waals surface area contributed by atoms with Crippen molar-refractivity contribution in [3.8, 4) is 0 Å². The van der Waals surface area contributed by atoms with Gasteiger partial charge in [-0.05, 0) is 40.2 Å². The Balaban J connectivity index is 1.66. The highest BCUT2D eigenvalue weighted by molar-refractivity contribution is 7.15. The van der Waals surface area contributed by atoms with Gasteiger partial charge in [-0.2, -0.15) is 5.10 Å². The summed E-state index contributed by atoms with van der Waals surface area (Å²) in [5.74, 6) is 0.00856. The summed E-state index contributed by atoms with van der Waals surface area (Å²) in [6.45, 7) is 7.66. The molecule has 1 N–H and O–H groups in total. The summed E-state index contributed by atoms with van der Waals surface area (Å²) in [5.41, 5.74) is 0.977. The van der Waals surface area contributed by atoms with E-state index in [1.54, 1.807) is 12.7 Å². The molecule has 3 rings (SSSR count). The first kappa shape index (κ1) is 17.0. The van der Waals surface area contributed by atoms with Crippen molar-refractivity contribution in [1.29, 1.82) is 0 Å². The molecule has 0 aromatic carbocycles. The lowest BCUT2D eigenvalue weighted by atomic mass is 10.00. The molecule has 2 aromatic rings. The van der Waals surface area contributed by atoms with Crippen LogP contribution >= 0.6 is 11.3 Å². The molecule has 0 saturated carbocycles. The van der Waals surface area contributed by atoms with E-state index in [2.05, 4.69) is 25.3 Å². The monoisotopic (exact) mass is 348 g/mol. The van der Waals surface area contributed by atoms with E-state index in [9.17, 15) is 4.79 Å². The minimum atomic E-state index is -0.191. The second kappa shape index (κ2) is 7.40. The number of aryl methyl sites for hydroxylation is 2. The van der Waals surface area contributed by atoms with Crippen LogP contribution in [0.5, 0.6) is 0 Å². The van der Waals surface area contributed by atoms with Crippen LogP contribution in [0.2, 0.25) is 0 Å². The largest absolute Gasteiger partial charge is 0.301 e. The number of carbonyl (C=O) groups excluding carboxylic acids is 1. The van der Waals surface area contributed by atoms with Crippen LogP contribution in [0.1, 0.15) is 36.8 Å². The SMILES string of the molecule is Cc1nc(NC(=O)C(C)N2CCCCC2Cn2cncn2)sc1C. The van der Waals surface area contributed by atoms with Gasteiger partial charge in [0.05, 0.1) is 18.3 Å². The lowest BCUT2D eigenvalue weighted by Crippen LogP contribution is -2.51. The third-order valence-corrected chi connectivity index (χ3v) is 5.66. The summed E-state index contributed by atoms with van der Waals surface area (Å²) in [6, 6.07) is 0.115. The van der Waals surface area contributed by atoms with E-state index in [4.69, 9.17) is 0 Å². The van der Waals surface area contributed by atoms with Crippen molar-refractivity contribution in [2.45, 2.75) is 58.7 Å². The molecule has 0 aliphatic carbocycles. The number of amides is 1. The summed E-state index contributed by atoms with van der Waals surface area (Å²) in [6.07, 6.45) is 6.68. The van der Waals surface area contributed by atoms with Crippen LogP contribution in [0.25, 0.3) is 0 Å². The Kier molecular flexibility index (Phi) is 5.25. The fourth-order valence-corrected chi connectivity index (χ4v) is 3.98. The number of aromatic nitrogens is 4. The average molecular weight is 348 g/mol. The molecule has 1 amide bonds. The number of rotatable bonds is 5. The van der Waals surface area contributed by atoms with Crippen molar-refractivity contribution in [2.24, 2.45) is 0 Å². The molecule has 8 heteroatoms. The van der Waals surface area contributed by atoms with Crippen LogP contribution in [0.15, 0.2) is 12.7 Å². The predicted octanol–water partition coefficient (Wildman–Crippen LogP) is 2.23. The normalized spacial score (nSPS) is 20.0. The third-order valence-electron chi connectivity index (χ3n) is 4.67. The number of thiazole rings is 1. The van der Waals surface area contributed by atoms with Gasteiger partial charge in [-0.25, -0.2) is 9.97 Å². The minimum absolute atomic E-state index is 0.00856. The topological polar surface area (TPSA) is 75.9 Å². The minimum Gasteiger partial charge on any atom is -0.301 e. The first-order chi connectivity index (χ1) is 11.5. The fourth-order valence-electron chi connectivity index (χ4n) is 3.16. The van der Waals surface area contributed by atoms with E-state index >= 15 is 0 Å². The molecule has 0 bridgehead atoms. The van der Waals surface area contributed by atoms with Gasteiger partial charge in [-0.1, -0.05) is 6.42 Å². The van der Waals surface area contributed by atoms with E-state index in [1.807, 2.05) is 25.5 Å². The van der Waals surface area contributed by atoms with Gasteiger partial charge >= 0.3 is 0 Å². The average Bonchev–Trinajstić information content (AvgIpc) is 3.17. The van der Waals surface area contributed by atoms with Crippen LogP contribution in [0.4, 0.5) is 5.13 Å². The maximum atomic E-state index is 12.7. The number of hydrogen-bond acceptors (Lipinski definition) is 6. The zero-order valence-electron chi connectivity index (χ0n) is 14.4. The van der Waals surface area contributed by atoms with Gasteiger partial charge in [0.15, 0.2) is 5.13 Å². The predicted molar refractivity (Wildman–Crippen MR) is 94.0 cm³/mol. The zero-order chi connectivity index (χ0) is 17.1. The quantitative estimate of drug-likeness (QED) is 0.897. The van der Waals surface area contributed by atoms with Crippen molar-refractivity contribution >= 4 is 22.4 Å². The Hall–Kier alpha value is -1.80. The van der Waals surface area contributed by atoms with Crippen LogP contribution in [-0.4, -0.2) is 49.2 Å². The summed E-state index contributed by atoms with van der Waals surface area (Å²) in [5, 5.41) is 7.86. The van der Waals surface area contributed by atoms with E-state index < -0.39 is 0 Å². The number of nitrogens with zero attached hydrogens (tertiary/aromatic N) is 5. The number of nitrogens with one attached hydrogen (secondary N) is 1. The first-order valence-corrected chi connectivity index (χ1v) is 9.19. The summed E-state index contributed by atoms with van der Waals surface area (Å²) >= 11 is 1.53. The molecule has 1 aliphatic rings. The van der Waals surface area contributed by atoms with Crippen molar-refractivity contribution in [2.75, 3.05) is 11.9 Å². The molecule has 24 heavy (non-hydrogen) atoms. The second-order valence-electron chi connectivity index (χ2n) is 6.33. The van der Waals surface area contributed by atoms with Gasteiger partial charge in [-0.15, -0.1) is 11.3 Å². The number of likely N-dealkylation sites (tertiary alicyclic amines) is 1. The van der Waals surface area contributed by atoms with Crippen LogP contribution in [0, 0.1) is 13.8 Å². The molecule has 7 nitrogen and oxygen atoms in total. The third kappa shape index (κ3) is 3.81. The molecule has 2 aromatic heterocycles. The summed E-state index contributed by atoms with van der Waals surface area (Å²) in [4.78, 5) is 24.5. The highest BCUT2D eigenvalue weighted by Crippen LogP contribution is 2.24. The fraction of sp³-hybridized carbons (Fsp3) is 0.625. The lowest BCUT2D eigenvalue weighted by molar-refractivity contribution is -0.122. The number of anilines is 1. The maximum Gasteiger partial charge on any atom is 0.243 e. The number of hydrogen-bond donors (Lipinski definition) is 1. The van der Waals surface area contributed by atoms with Crippen molar-refractivity contribution in [1.82, 2.24) is 24.6 Å². The summed E-state index contributed by atoms with van der Waals surface area (Å²) < 4.78 is 1.85. The first-order valence-electron chi connectivity index (χ1n) is 8.37. The Morgan fingerprint density at radius 3 is 2.96 bits per heavy atom. The molecule has 1 fully saturated rings. The Labute approximate surface area is 146 Å². The molecule has 3 heterocycles. The smallest absolute Gasteiger partial charge is 0.243 e. The molecule has 130 valence electrons. The van der Waals surface area contributed by atoms with Crippen molar-refractivity contribution in [3.05, 3.63) is 23.2 Å². The highest BCUT2D eigenvalue weighted by Gasteiger charge is 2.31. The van der Waals surface area contributed by atoms with Gasteiger partial charge in [-0.3, -0.25) is 14.4 Å². The van der Waals surface area contributed by atoms with Gasteiger partial charge in [0.2, 0.25) is 5.91 Å². The van der Waals surface area contributed by atoms with Crippen LogP contribution in [-0.2, 0) is 11.3 Å². The van der Waals surface area contributed by atoms with Crippen molar-refractivity contribution < 1.29 is 4.79 Å².